The molecular weight excluding hydrogens is 546 g/mol. The van der Waals surface area contributed by atoms with Gasteiger partial charge in [0, 0.05) is 69.0 Å². The summed E-state index contributed by atoms with van der Waals surface area (Å²) in [6.07, 6.45) is 4.92. The topological polar surface area (TPSA) is 126 Å². The highest BCUT2D eigenvalue weighted by Crippen LogP contribution is 2.39. The largest absolute Gasteiger partial charge is 0.494 e. The second-order valence-corrected chi connectivity index (χ2v) is 10.4. The number of fused-ring (bicyclic) bond motifs is 1. The quantitative estimate of drug-likeness (QED) is 0.209. The predicted octanol–water partition coefficient (Wildman–Crippen LogP) is 4.87. The second-order valence-electron chi connectivity index (χ2n) is 10.4. The molecule has 3 heterocycles. The first kappa shape index (κ1) is 29.3. The molecule has 2 aromatic carbocycles. The molecule has 43 heavy (non-hydrogen) atoms. The molecule has 5 rings (SSSR count). The van der Waals surface area contributed by atoms with Crippen LogP contribution in [0, 0.1) is 6.92 Å². The SMILES string of the molecule is C=CC(=O)Nc1cc(Nc2ncc(-c3nnc(C)o3)c(-c3cn(C)c4ccccc34)n2)c(OC)cc1N(C)CCN(C)C. The Morgan fingerprint density at radius 2 is 1.91 bits per heavy atom. The van der Waals surface area contributed by atoms with Crippen molar-refractivity contribution < 1.29 is 13.9 Å². The van der Waals surface area contributed by atoms with Gasteiger partial charge in [0.2, 0.25) is 17.7 Å². The predicted molar refractivity (Wildman–Crippen MR) is 169 cm³/mol. The van der Waals surface area contributed by atoms with Crippen LogP contribution in [0.25, 0.3) is 33.6 Å². The zero-order valence-electron chi connectivity index (χ0n) is 25.2. The van der Waals surface area contributed by atoms with E-state index in [2.05, 4.69) is 48.3 Å². The lowest BCUT2D eigenvalue weighted by atomic mass is 10.1. The van der Waals surface area contributed by atoms with E-state index in [1.165, 1.54) is 6.08 Å². The number of carbonyl (C=O) groups is 1. The summed E-state index contributed by atoms with van der Waals surface area (Å²) in [6.45, 7) is 6.89. The number of nitrogens with zero attached hydrogens (tertiary/aromatic N) is 7. The number of aryl methyl sites for hydroxylation is 2. The van der Waals surface area contributed by atoms with Crippen molar-refractivity contribution in [2.45, 2.75) is 6.92 Å². The maximum absolute atomic E-state index is 12.4. The highest BCUT2D eigenvalue weighted by Gasteiger charge is 2.21. The molecule has 0 bridgehead atoms. The molecule has 222 valence electrons. The number of carbonyl (C=O) groups excluding carboxylic acids is 1. The third-order valence-corrected chi connectivity index (χ3v) is 7.00. The summed E-state index contributed by atoms with van der Waals surface area (Å²) in [4.78, 5) is 26.1. The minimum atomic E-state index is -0.327. The molecule has 5 aromatic rings. The Morgan fingerprint density at radius 1 is 1.12 bits per heavy atom. The Balaban J connectivity index is 1.61. The molecular formula is C31H35N9O3. The van der Waals surface area contributed by atoms with Gasteiger partial charge in [-0.05, 0) is 32.3 Å². The number of para-hydroxylation sites is 1. The van der Waals surface area contributed by atoms with Gasteiger partial charge in [-0.2, -0.15) is 0 Å². The van der Waals surface area contributed by atoms with Crippen LogP contribution in [0.2, 0.25) is 0 Å². The fourth-order valence-electron chi connectivity index (χ4n) is 4.77. The maximum Gasteiger partial charge on any atom is 0.251 e. The zero-order valence-corrected chi connectivity index (χ0v) is 25.2. The number of likely N-dealkylation sites (N-methyl/N-ethyl adjacent to an activating group) is 2. The van der Waals surface area contributed by atoms with Crippen LogP contribution in [-0.2, 0) is 11.8 Å². The van der Waals surface area contributed by atoms with Crippen molar-refractivity contribution in [3.05, 3.63) is 67.3 Å². The molecule has 0 saturated heterocycles. The van der Waals surface area contributed by atoms with Gasteiger partial charge in [0.25, 0.3) is 5.89 Å². The maximum atomic E-state index is 12.4. The van der Waals surface area contributed by atoms with E-state index in [-0.39, 0.29) is 5.91 Å². The number of amides is 1. The van der Waals surface area contributed by atoms with E-state index in [1.54, 1.807) is 26.3 Å². The van der Waals surface area contributed by atoms with Crippen LogP contribution in [0.15, 0.2) is 65.9 Å². The molecule has 12 heteroatoms. The number of anilines is 4. The van der Waals surface area contributed by atoms with Gasteiger partial charge in [0.05, 0.1) is 35.4 Å². The number of rotatable bonds is 11. The van der Waals surface area contributed by atoms with Crippen LogP contribution in [0.1, 0.15) is 5.89 Å². The number of hydrogen-bond acceptors (Lipinski definition) is 10. The van der Waals surface area contributed by atoms with Crippen molar-refractivity contribution in [2.24, 2.45) is 7.05 Å². The molecule has 1 amide bonds. The fourth-order valence-corrected chi connectivity index (χ4v) is 4.77. The van der Waals surface area contributed by atoms with Gasteiger partial charge in [0.1, 0.15) is 5.75 Å². The second kappa shape index (κ2) is 12.3. The van der Waals surface area contributed by atoms with Crippen LogP contribution in [0.5, 0.6) is 5.75 Å². The normalized spacial score (nSPS) is 11.1. The van der Waals surface area contributed by atoms with Crippen LogP contribution in [0.3, 0.4) is 0 Å². The molecule has 2 N–H and O–H groups in total. The van der Waals surface area contributed by atoms with Gasteiger partial charge in [-0.25, -0.2) is 9.97 Å². The van der Waals surface area contributed by atoms with Crippen LogP contribution >= 0.6 is 0 Å². The van der Waals surface area contributed by atoms with Gasteiger partial charge in [-0.3, -0.25) is 4.79 Å². The highest BCUT2D eigenvalue weighted by atomic mass is 16.5. The minimum absolute atomic E-state index is 0.316. The molecule has 0 fully saturated rings. The third kappa shape index (κ3) is 6.19. The van der Waals surface area contributed by atoms with Gasteiger partial charge < -0.3 is 34.2 Å². The standard InChI is InChI=1S/C31H35N9O3/c1-8-28(41)33-23-15-24(27(42-7)16-26(23)39(5)14-13-38(3)4)34-31-32-17-21(30-37-36-19(2)43-30)29(35-31)22-18-40(6)25-12-10-9-11-20(22)25/h8-12,15-18H,1,13-14H2,2-7H3,(H,33,41)(H,32,34,35). The van der Waals surface area contributed by atoms with Crippen molar-refractivity contribution in [3.63, 3.8) is 0 Å². The first-order valence-electron chi connectivity index (χ1n) is 13.7. The summed E-state index contributed by atoms with van der Waals surface area (Å²) in [6, 6.07) is 11.8. The number of aromatic nitrogens is 5. The molecule has 0 aliphatic carbocycles. The van der Waals surface area contributed by atoms with Crippen molar-refractivity contribution in [1.82, 2.24) is 29.6 Å². The van der Waals surface area contributed by atoms with Crippen molar-refractivity contribution in [3.8, 4) is 28.5 Å². The summed E-state index contributed by atoms with van der Waals surface area (Å²) >= 11 is 0. The Hall–Kier alpha value is -5.23. The molecule has 0 spiro atoms. The van der Waals surface area contributed by atoms with Gasteiger partial charge in [0.15, 0.2) is 0 Å². The first-order chi connectivity index (χ1) is 20.7. The Labute approximate surface area is 250 Å². The Kier molecular flexibility index (Phi) is 8.39. The lowest BCUT2D eigenvalue weighted by molar-refractivity contribution is -0.111. The Morgan fingerprint density at radius 3 is 2.60 bits per heavy atom. The minimum Gasteiger partial charge on any atom is -0.494 e. The van der Waals surface area contributed by atoms with E-state index < -0.39 is 0 Å². The molecule has 0 unspecified atom stereocenters. The van der Waals surface area contributed by atoms with Crippen LogP contribution in [-0.4, -0.2) is 76.9 Å². The van der Waals surface area contributed by atoms with Crippen LogP contribution < -0.4 is 20.3 Å². The monoisotopic (exact) mass is 581 g/mol. The molecule has 12 nitrogen and oxygen atoms in total. The summed E-state index contributed by atoms with van der Waals surface area (Å²) in [5, 5.41) is 15.5. The summed E-state index contributed by atoms with van der Waals surface area (Å²) in [5.41, 5.74) is 5.11. The van der Waals surface area contributed by atoms with Gasteiger partial charge in [-0.1, -0.05) is 24.8 Å². The molecule has 0 aliphatic rings. The van der Waals surface area contributed by atoms with E-state index in [9.17, 15) is 4.79 Å². The average Bonchev–Trinajstić information content (AvgIpc) is 3.58. The van der Waals surface area contributed by atoms with E-state index in [4.69, 9.17) is 14.1 Å². The summed E-state index contributed by atoms with van der Waals surface area (Å²) in [5.74, 6) is 1.30. The summed E-state index contributed by atoms with van der Waals surface area (Å²) < 4.78 is 13.6. The van der Waals surface area contributed by atoms with E-state index in [1.807, 2.05) is 63.2 Å². The van der Waals surface area contributed by atoms with Gasteiger partial charge >= 0.3 is 0 Å². The van der Waals surface area contributed by atoms with E-state index >= 15 is 0 Å². The van der Waals surface area contributed by atoms with Crippen molar-refractivity contribution >= 4 is 39.8 Å². The molecule has 3 aromatic heterocycles. The lowest BCUT2D eigenvalue weighted by Crippen LogP contribution is -2.29. The van der Waals surface area contributed by atoms with Gasteiger partial charge in [-0.15, -0.1) is 10.2 Å². The average molecular weight is 582 g/mol. The number of benzene rings is 2. The number of nitrogens with one attached hydrogen (secondary N) is 2. The first-order valence-corrected chi connectivity index (χ1v) is 13.7. The molecule has 0 radical (unpaired) electrons. The number of hydrogen-bond donors (Lipinski definition) is 2. The number of methoxy groups -OCH3 is 1. The molecule has 0 atom stereocenters. The number of ether oxygens (including phenoxy) is 1. The Bertz CT molecular complexity index is 1790. The molecule has 0 aliphatic heterocycles. The van der Waals surface area contributed by atoms with Crippen molar-refractivity contribution in [1.29, 1.82) is 0 Å². The molecule has 0 saturated carbocycles. The van der Waals surface area contributed by atoms with Crippen LogP contribution in [0.4, 0.5) is 23.0 Å². The summed E-state index contributed by atoms with van der Waals surface area (Å²) in [7, 11) is 9.57. The zero-order chi connectivity index (χ0) is 30.7. The third-order valence-electron chi connectivity index (χ3n) is 7.00. The highest BCUT2D eigenvalue weighted by molar-refractivity contribution is 6.02. The fraction of sp³-hybridized carbons (Fsp3) is 0.258. The smallest absolute Gasteiger partial charge is 0.251 e. The van der Waals surface area contributed by atoms with E-state index in [0.717, 1.165) is 35.2 Å². The van der Waals surface area contributed by atoms with E-state index in [0.29, 0.717) is 46.1 Å². The van der Waals surface area contributed by atoms with Crippen molar-refractivity contribution in [2.75, 3.05) is 56.9 Å². The lowest BCUT2D eigenvalue weighted by Gasteiger charge is -2.26.